The molecule has 0 N–H and O–H groups in total. The zero-order valence-electron chi connectivity index (χ0n) is 9.90. The summed E-state index contributed by atoms with van der Waals surface area (Å²) in [5.74, 6) is 0.150. The molecule has 1 aromatic heterocycles. The normalized spacial score (nSPS) is 23.7. The van der Waals surface area contributed by atoms with Gasteiger partial charge in [-0.05, 0) is 32.2 Å². The van der Waals surface area contributed by atoms with Crippen LogP contribution in [-0.4, -0.2) is 29.2 Å². The van der Waals surface area contributed by atoms with Gasteiger partial charge in [-0.1, -0.05) is 6.07 Å². The van der Waals surface area contributed by atoms with Crippen molar-refractivity contribution in [2.75, 3.05) is 6.61 Å². The van der Waals surface area contributed by atoms with Crippen LogP contribution >= 0.6 is 11.3 Å². The van der Waals surface area contributed by atoms with Gasteiger partial charge in [-0.2, -0.15) is 0 Å². The van der Waals surface area contributed by atoms with Crippen molar-refractivity contribution >= 4 is 17.2 Å². The van der Waals surface area contributed by atoms with Crippen LogP contribution in [0, 0.1) is 0 Å². The van der Waals surface area contributed by atoms with Gasteiger partial charge >= 0.3 is 0 Å². The Morgan fingerprint density at radius 2 is 2.44 bits per heavy atom. The molecule has 3 nitrogen and oxygen atoms in total. The molecule has 0 saturated carbocycles. The number of amides is 1. The summed E-state index contributed by atoms with van der Waals surface area (Å²) in [5, 5.41) is 2.00. The van der Waals surface area contributed by atoms with Crippen molar-refractivity contribution in [2.24, 2.45) is 0 Å². The van der Waals surface area contributed by atoms with Gasteiger partial charge < -0.3 is 9.64 Å². The van der Waals surface area contributed by atoms with E-state index in [0.29, 0.717) is 13.0 Å². The molecule has 4 heteroatoms. The second kappa shape index (κ2) is 4.18. The van der Waals surface area contributed by atoms with Gasteiger partial charge in [0.15, 0.2) is 0 Å². The molecule has 2 rings (SSSR count). The molecule has 0 radical (unpaired) electrons. The topological polar surface area (TPSA) is 29.5 Å². The van der Waals surface area contributed by atoms with Crippen molar-refractivity contribution in [1.29, 1.82) is 0 Å². The first-order chi connectivity index (χ1) is 7.50. The molecule has 1 saturated heterocycles. The lowest BCUT2D eigenvalue weighted by atomic mass is 10.1. The Kier molecular flexibility index (Phi) is 3.04. The van der Waals surface area contributed by atoms with Crippen LogP contribution < -0.4 is 0 Å². The lowest BCUT2D eigenvalue weighted by Gasteiger charge is -2.32. The zero-order valence-corrected chi connectivity index (χ0v) is 10.7. The van der Waals surface area contributed by atoms with Crippen molar-refractivity contribution in [3.05, 3.63) is 22.4 Å². The molecule has 0 aromatic carbocycles. The van der Waals surface area contributed by atoms with E-state index in [1.54, 1.807) is 11.3 Å². The fourth-order valence-corrected chi connectivity index (χ4v) is 2.84. The van der Waals surface area contributed by atoms with E-state index in [1.165, 1.54) is 0 Å². The minimum absolute atomic E-state index is 0.109. The van der Waals surface area contributed by atoms with Gasteiger partial charge in [0.25, 0.3) is 0 Å². The molecular formula is C12H17NO2S. The zero-order chi connectivity index (χ0) is 11.8. The maximum atomic E-state index is 12.2. The average Bonchev–Trinajstić information content (AvgIpc) is 2.75. The van der Waals surface area contributed by atoms with Crippen LogP contribution in [0.25, 0.3) is 0 Å². The Balaban J connectivity index is 2.09. The second-order valence-electron chi connectivity index (χ2n) is 4.74. The van der Waals surface area contributed by atoms with Crippen molar-refractivity contribution < 1.29 is 9.53 Å². The molecule has 1 amide bonds. The van der Waals surface area contributed by atoms with E-state index in [-0.39, 0.29) is 17.7 Å². The molecule has 1 aliphatic rings. The van der Waals surface area contributed by atoms with E-state index in [1.807, 2.05) is 43.2 Å². The summed E-state index contributed by atoms with van der Waals surface area (Å²) in [6.07, 6.45) is 0.372. The summed E-state index contributed by atoms with van der Waals surface area (Å²) in [7, 11) is 0. The van der Waals surface area contributed by atoms with Gasteiger partial charge in [0.2, 0.25) is 5.91 Å². The molecule has 16 heavy (non-hydrogen) atoms. The predicted molar refractivity (Wildman–Crippen MR) is 64.4 cm³/mol. The Morgan fingerprint density at radius 3 is 2.94 bits per heavy atom. The third kappa shape index (κ3) is 2.13. The first-order valence-electron chi connectivity index (χ1n) is 5.47. The first-order valence-corrected chi connectivity index (χ1v) is 6.35. The summed E-state index contributed by atoms with van der Waals surface area (Å²) < 4.78 is 5.53. The average molecular weight is 239 g/mol. The van der Waals surface area contributed by atoms with Crippen molar-refractivity contribution in [3.63, 3.8) is 0 Å². The van der Waals surface area contributed by atoms with Crippen LogP contribution in [0.3, 0.4) is 0 Å². The van der Waals surface area contributed by atoms with E-state index in [9.17, 15) is 4.79 Å². The highest BCUT2D eigenvalue weighted by Gasteiger charge is 2.41. The third-order valence-electron chi connectivity index (χ3n) is 2.87. The van der Waals surface area contributed by atoms with Crippen LogP contribution in [0.15, 0.2) is 17.5 Å². The maximum absolute atomic E-state index is 12.2. The summed E-state index contributed by atoms with van der Waals surface area (Å²) in [6.45, 7) is 6.64. The molecule has 1 aliphatic heterocycles. The number of hydrogen-bond donors (Lipinski definition) is 0. The van der Waals surface area contributed by atoms with Crippen LogP contribution in [0.1, 0.15) is 25.6 Å². The smallest absolute Gasteiger partial charge is 0.230 e. The van der Waals surface area contributed by atoms with E-state index < -0.39 is 0 Å². The second-order valence-corrected chi connectivity index (χ2v) is 5.77. The van der Waals surface area contributed by atoms with Crippen LogP contribution in [0.4, 0.5) is 0 Å². The maximum Gasteiger partial charge on any atom is 0.230 e. The van der Waals surface area contributed by atoms with Crippen molar-refractivity contribution in [3.8, 4) is 0 Å². The summed E-state index contributed by atoms with van der Waals surface area (Å²) in [6, 6.07) is 3.97. The van der Waals surface area contributed by atoms with Gasteiger partial charge in [-0.3, -0.25) is 4.79 Å². The lowest BCUT2D eigenvalue weighted by molar-refractivity contribution is -0.138. The number of hydrogen-bond acceptors (Lipinski definition) is 3. The SMILES string of the molecule is CC1OCC(C)(C)N1C(=O)Cc1cccs1. The number of carbonyl (C=O) groups excluding carboxylic acids is 1. The molecule has 1 atom stereocenters. The Morgan fingerprint density at radius 1 is 1.69 bits per heavy atom. The molecule has 1 unspecified atom stereocenters. The van der Waals surface area contributed by atoms with Crippen molar-refractivity contribution in [2.45, 2.75) is 39.0 Å². The summed E-state index contributed by atoms with van der Waals surface area (Å²) in [4.78, 5) is 15.2. The third-order valence-corrected chi connectivity index (χ3v) is 3.74. The summed E-state index contributed by atoms with van der Waals surface area (Å²) in [5.41, 5.74) is -0.187. The molecule has 0 spiro atoms. The molecular weight excluding hydrogens is 222 g/mol. The van der Waals surface area contributed by atoms with Gasteiger partial charge in [-0.25, -0.2) is 0 Å². The molecule has 1 fully saturated rings. The molecule has 0 aliphatic carbocycles. The van der Waals surface area contributed by atoms with E-state index in [0.717, 1.165) is 4.88 Å². The Bertz CT molecular complexity index is 372. The van der Waals surface area contributed by atoms with Gasteiger partial charge in [0, 0.05) is 4.88 Å². The number of carbonyl (C=O) groups is 1. The monoisotopic (exact) mass is 239 g/mol. The minimum atomic E-state index is -0.187. The molecule has 2 heterocycles. The summed E-state index contributed by atoms with van der Waals surface area (Å²) >= 11 is 1.62. The fraction of sp³-hybridized carbons (Fsp3) is 0.583. The van der Waals surface area contributed by atoms with Gasteiger partial charge in [-0.15, -0.1) is 11.3 Å². The van der Waals surface area contributed by atoms with Crippen LogP contribution in [0.2, 0.25) is 0 Å². The Labute approximate surface area is 100 Å². The van der Waals surface area contributed by atoms with Crippen molar-refractivity contribution in [1.82, 2.24) is 4.90 Å². The van der Waals surface area contributed by atoms with Gasteiger partial charge in [0.05, 0.1) is 18.6 Å². The van der Waals surface area contributed by atoms with Crippen LogP contribution in [-0.2, 0) is 16.0 Å². The van der Waals surface area contributed by atoms with Crippen LogP contribution in [0.5, 0.6) is 0 Å². The largest absolute Gasteiger partial charge is 0.356 e. The number of ether oxygens (including phenoxy) is 1. The van der Waals surface area contributed by atoms with Gasteiger partial charge in [0.1, 0.15) is 6.23 Å². The minimum Gasteiger partial charge on any atom is -0.356 e. The quantitative estimate of drug-likeness (QED) is 0.792. The Hall–Kier alpha value is -0.870. The fourth-order valence-electron chi connectivity index (χ4n) is 2.15. The number of nitrogens with zero attached hydrogens (tertiary/aromatic N) is 1. The highest BCUT2D eigenvalue weighted by molar-refractivity contribution is 7.10. The van der Waals surface area contributed by atoms with E-state index in [4.69, 9.17) is 4.74 Å². The highest BCUT2D eigenvalue weighted by Crippen LogP contribution is 2.27. The first kappa shape index (κ1) is 11.6. The molecule has 0 bridgehead atoms. The lowest BCUT2D eigenvalue weighted by Crippen LogP contribution is -2.47. The number of thiophene rings is 1. The van der Waals surface area contributed by atoms with E-state index >= 15 is 0 Å². The highest BCUT2D eigenvalue weighted by atomic mass is 32.1. The predicted octanol–water partition coefficient (Wildman–Crippen LogP) is 2.27. The number of rotatable bonds is 2. The molecule has 1 aromatic rings. The van der Waals surface area contributed by atoms with E-state index in [2.05, 4.69) is 0 Å². The molecule has 88 valence electrons. The standard InChI is InChI=1S/C12H17NO2S/c1-9-13(12(2,3)8-15-9)11(14)7-10-5-4-6-16-10/h4-6,9H,7-8H2,1-3H3.